The lowest BCUT2D eigenvalue weighted by molar-refractivity contribution is 0.478. The minimum Gasteiger partial charge on any atom is -0.338 e. The van der Waals surface area contributed by atoms with Gasteiger partial charge in [-0.3, -0.25) is 0 Å². The fourth-order valence-corrected chi connectivity index (χ4v) is 4.81. The molecule has 3 fully saturated rings. The van der Waals surface area contributed by atoms with Gasteiger partial charge in [-0.25, -0.2) is 0 Å². The summed E-state index contributed by atoms with van der Waals surface area (Å²) in [5.41, 5.74) is 0. The second kappa shape index (κ2) is 9.79. The van der Waals surface area contributed by atoms with Gasteiger partial charge in [-0.2, -0.15) is 29.9 Å². The molecule has 0 radical (unpaired) electrons. The Balaban J connectivity index is 1.27. The number of anilines is 4. The van der Waals surface area contributed by atoms with E-state index in [9.17, 15) is 0 Å². The number of aromatic nitrogens is 6. The van der Waals surface area contributed by atoms with Gasteiger partial charge in [0, 0.05) is 77.5 Å². The zero-order chi connectivity index (χ0) is 23.7. The van der Waals surface area contributed by atoms with E-state index >= 15 is 0 Å². The minimum absolute atomic E-state index is 0.427. The van der Waals surface area contributed by atoms with Gasteiger partial charge in [-0.1, -0.05) is 0 Å². The lowest BCUT2D eigenvalue weighted by atomic mass is 10.2. The van der Waals surface area contributed by atoms with E-state index in [1.165, 1.54) is 0 Å². The van der Waals surface area contributed by atoms with Crippen LogP contribution in [0.2, 0.25) is 0 Å². The number of nitrogens with one attached hydrogen (secondary N) is 2. The summed E-state index contributed by atoms with van der Waals surface area (Å²) in [4.78, 5) is 37.2. The zero-order valence-electron chi connectivity index (χ0n) is 20.7. The monoisotopic (exact) mass is 468 g/mol. The Labute approximate surface area is 201 Å². The number of nitrogens with zero attached hydrogens (tertiary/aromatic N) is 10. The van der Waals surface area contributed by atoms with Gasteiger partial charge in [-0.15, -0.1) is 0 Å². The Hall–Kier alpha value is -2.86. The molecule has 0 saturated carbocycles. The molecule has 0 amide bonds. The average Bonchev–Trinajstić information content (AvgIpc) is 2.83. The third kappa shape index (κ3) is 5.12. The predicted octanol–water partition coefficient (Wildman–Crippen LogP) is -0.404. The summed E-state index contributed by atoms with van der Waals surface area (Å²) in [6.45, 7) is 17.0. The first kappa shape index (κ1) is 22.9. The molecule has 5 heterocycles. The number of rotatable bonds is 4. The van der Waals surface area contributed by atoms with E-state index in [0.29, 0.717) is 12.1 Å². The van der Waals surface area contributed by atoms with Crippen molar-refractivity contribution in [1.29, 1.82) is 0 Å². The highest BCUT2D eigenvalue weighted by Crippen LogP contribution is 2.20. The third-order valence-corrected chi connectivity index (χ3v) is 6.60. The molecule has 5 rings (SSSR count). The Morgan fingerprint density at radius 1 is 0.529 bits per heavy atom. The fraction of sp³-hybridized carbons (Fsp3) is 0.727. The molecule has 2 N–H and O–H groups in total. The molecule has 0 aliphatic carbocycles. The van der Waals surface area contributed by atoms with Crippen molar-refractivity contribution in [3.05, 3.63) is 11.6 Å². The molecule has 12 nitrogen and oxygen atoms in total. The molecular formula is C22H36N12. The molecule has 2 unspecified atom stereocenters. The SMILES string of the molecule is Cc1nc(N2CCN(c3nc(C)nc(N4CCNC(C)C4)n3)CC2)nc(N2CCNC(C)C2)n1. The highest BCUT2D eigenvalue weighted by molar-refractivity contribution is 5.44. The first-order chi connectivity index (χ1) is 16.4. The summed E-state index contributed by atoms with van der Waals surface area (Å²) in [5, 5.41) is 6.95. The highest BCUT2D eigenvalue weighted by atomic mass is 15.4. The van der Waals surface area contributed by atoms with Crippen LogP contribution in [0.1, 0.15) is 25.5 Å². The van der Waals surface area contributed by atoms with Gasteiger partial charge in [0.1, 0.15) is 11.6 Å². The van der Waals surface area contributed by atoms with Crippen LogP contribution in [0.25, 0.3) is 0 Å². The van der Waals surface area contributed by atoms with Gasteiger partial charge in [0.15, 0.2) is 0 Å². The Morgan fingerprint density at radius 2 is 0.882 bits per heavy atom. The van der Waals surface area contributed by atoms with Crippen LogP contribution < -0.4 is 30.2 Å². The van der Waals surface area contributed by atoms with Crippen molar-refractivity contribution >= 4 is 23.8 Å². The standard InChI is InChI=1S/C22H36N12/c1-15-13-33(7-5-23-15)21-27-17(3)25-19(29-21)31-9-11-32(12-10-31)20-26-18(4)28-22(30-20)34-8-6-24-16(2)14-34/h15-16,23-24H,5-14H2,1-4H3. The molecule has 12 heteroatoms. The molecule has 3 saturated heterocycles. The van der Waals surface area contributed by atoms with Gasteiger partial charge in [0.25, 0.3) is 0 Å². The smallest absolute Gasteiger partial charge is 0.230 e. The second-order valence-corrected chi connectivity index (χ2v) is 9.54. The van der Waals surface area contributed by atoms with Crippen molar-refractivity contribution in [2.45, 2.75) is 39.8 Å². The number of hydrogen-bond acceptors (Lipinski definition) is 12. The van der Waals surface area contributed by atoms with Crippen molar-refractivity contribution in [3.63, 3.8) is 0 Å². The van der Waals surface area contributed by atoms with Gasteiger partial charge in [0.05, 0.1) is 0 Å². The van der Waals surface area contributed by atoms with Crippen molar-refractivity contribution in [2.24, 2.45) is 0 Å². The van der Waals surface area contributed by atoms with E-state index in [1.807, 2.05) is 13.8 Å². The Kier molecular flexibility index (Phi) is 6.59. The lowest BCUT2D eigenvalue weighted by Crippen LogP contribution is -2.51. The molecule has 2 atom stereocenters. The zero-order valence-corrected chi connectivity index (χ0v) is 20.7. The van der Waals surface area contributed by atoms with E-state index in [4.69, 9.17) is 9.97 Å². The number of piperazine rings is 3. The molecule has 0 spiro atoms. The normalized spacial score (nSPS) is 24.0. The Morgan fingerprint density at radius 3 is 1.24 bits per heavy atom. The topological polar surface area (TPSA) is 114 Å². The van der Waals surface area contributed by atoms with Crippen LogP contribution in [0.5, 0.6) is 0 Å². The molecule has 0 bridgehead atoms. The summed E-state index contributed by atoms with van der Waals surface area (Å²) in [5.74, 6) is 4.60. The molecular weight excluding hydrogens is 432 g/mol. The van der Waals surface area contributed by atoms with Crippen molar-refractivity contribution in [1.82, 2.24) is 40.5 Å². The maximum atomic E-state index is 4.84. The van der Waals surface area contributed by atoms with Crippen LogP contribution >= 0.6 is 0 Å². The molecule has 0 aromatic carbocycles. The number of aryl methyl sites for hydroxylation is 2. The van der Waals surface area contributed by atoms with E-state index in [1.54, 1.807) is 0 Å². The lowest BCUT2D eigenvalue weighted by Gasteiger charge is -2.36. The molecule has 2 aromatic heterocycles. The Bertz CT molecular complexity index is 912. The highest BCUT2D eigenvalue weighted by Gasteiger charge is 2.26. The first-order valence-corrected chi connectivity index (χ1v) is 12.4. The first-order valence-electron chi connectivity index (χ1n) is 12.4. The summed E-state index contributed by atoms with van der Waals surface area (Å²) >= 11 is 0. The molecule has 2 aromatic rings. The van der Waals surface area contributed by atoms with Crippen LogP contribution in [0.15, 0.2) is 0 Å². The van der Waals surface area contributed by atoms with E-state index < -0.39 is 0 Å². The van der Waals surface area contributed by atoms with E-state index in [0.717, 1.165) is 101 Å². The quantitative estimate of drug-likeness (QED) is 0.608. The van der Waals surface area contributed by atoms with Crippen LogP contribution in [-0.4, -0.2) is 107 Å². The second-order valence-electron chi connectivity index (χ2n) is 9.54. The summed E-state index contributed by atoms with van der Waals surface area (Å²) in [6.07, 6.45) is 0. The number of hydrogen-bond donors (Lipinski definition) is 2. The molecule has 34 heavy (non-hydrogen) atoms. The maximum absolute atomic E-state index is 4.84. The predicted molar refractivity (Wildman–Crippen MR) is 133 cm³/mol. The van der Waals surface area contributed by atoms with Crippen molar-refractivity contribution in [3.8, 4) is 0 Å². The van der Waals surface area contributed by atoms with Crippen molar-refractivity contribution < 1.29 is 0 Å². The molecule has 3 aliphatic rings. The van der Waals surface area contributed by atoms with Crippen LogP contribution in [0.3, 0.4) is 0 Å². The summed E-state index contributed by atoms with van der Waals surface area (Å²) < 4.78 is 0. The average molecular weight is 469 g/mol. The molecule has 3 aliphatic heterocycles. The van der Waals surface area contributed by atoms with Crippen LogP contribution in [-0.2, 0) is 0 Å². The fourth-order valence-electron chi connectivity index (χ4n) is 4.81. The summed E-state index contributed by atoms with van der Waals surface area (Å²) in [7, 11) is 0. The third-order valence-electron chi connectivity index (χ3n) is 6.60. The van der Waals surface area contributed by atoms with Crippen LogP contribution in [0.4, 0.5) is 23.8 Å². The van der Waals surface area contributed by atoms with E-state index in [-0.39, 0.29) is 0 Å². The van der Waals surface area contributed by atoms with Crippen molar-refractivity contribution in [2.75, 3.05) is 85.0 Å². The van der Waals surface area contributed by atoms with E-state index in [2.05, 4.69) is 64.0 Å². The van der Waals surface area contributed by atoms with Gasteiger partial charge in [0.2, 0.25) is 23.8 Å². The van der Waals surface area contributed by atoms with Crippen LogP contribution in [0, 0.1) is 13.8 Å². The van der Waals surface area contributed by atoms with Gasteiger partial charge >= 0.3 is 0 Å². The summed E-state index contributed by atoms with van der Waals surface area (Å²) in [6, 6.07) is 0.854. The largest absolute Gasteiger partial charge is 0.338 e. The maximum Gasteiger partial charge on any atom is 0.230 e. The van der Waals surface area contributed by atoms with Gasteiger partial charge in [-0.05, 0) is 27.7 Å². The molecule has 184 valence electrons. The minimum atomic E-state index is 0.427. The van der Waals surface area contributed by atoms with Gasteiger partial charge < -0.3 is 30.2 Å².